The quantitative estimate of drug-likeness (QED) is 0.173. The van der Waals surface area contributed by atoms with Gasteiger partial charge in [0.1, 0.15) is 0 Å². The van der Waals surface area contributed by atoms with Crippen LogP contribution in [0.3, 0.4) is 0 Å². The number of carbonyl (C=O) groups excluding carboxylic acids is 1. The summed E-state index contributed by atoms with van der Waals surface area (Å²) in [7, 11) is 0. The molecule has 158 valence electrons. The highest BCUT2D eigenvalue weighted by Crippen LogP contribution is 2.44. The fourth-order valence-corrected chi connectivity index (χ4v) is 5.48. The summed E-state index contributed by atoms with van der Waals surface area (Å²) < 4.78 is 1.08. The minimum Gasteiger partial charge on any atom is -0.354 e. The van der Waals surface area contributed by atoms with Crippen LogP contribution in [0.2, 0.25) is 0 Å². The Balaban J connectivity index is 1.39. The third-order valence-electron chi connectivity index (χ3n) is 4.94. The lowest BCUT2D eigenvalue weighted by Gasteiger charge is -2.21. The molecule has 0 fully saturated rings. The Bertz CT molecular complexity index is 1190. The highest BCUT2D eigenvalue weighted by molar-refractivity contribution is 9.10. The number of aryl methyl sites for hydroxylation is 2. The molecule has 0 atom stereocenters. The van der Waals surface area contributed by atoms with Gasteiger partial charge in [0.05, 0.1) is 22.8 Å². The molecular formula is C24H22BrN3OS2. The lowest BCUT2D eigenvalue weighted by Crippen LogP contribution is -2.21. The molecule has 0 unspecified atom stereocenters. The van der Waals surface area contributed by atoms with Gasteiger partial charge in [-0.2, -0.15) is 5.10 Å². The van der Waals surface area contributed by atoms with Crippen molar-refractivity contribution in [1.29, 1.82) is 0 Å². The zero-order valence-electron chi connectivity index (χ0n) is 17.5. The molecule has 4 nitrogen and oxygen atoms in total. The lowest BCUT2D eigenvalue weighted by atomic mass is 10.1. The van der Waals surface area contributed by atoms with Gasteiger partial charge in [-0.3, -0.25) is 4.79 Å². The fraction of sp³-hybridized carbons (Fsp3) is 0.167. The van der Waals surface area contributed by atoms with E-state index < -0.39 is 0 Å². The van der Waals surface area contributed by atoms with Crippen molar-refractivity contribution in [3.63, 3.8) is 0 Å². The number of hydrogen-bond acceptors (Lipinski definition) is 5. The van der Waals surface area contributed by atoms with Gasteiger partial charge in [0, 0.05) is 19.2 Å². The first kappa shape index (κ1) is 22.0. The topological polar surface area (TPSA) is 53.5 Å². The fourth-order valence-electron chi connectivity index (χ4n) is 3.16. The average Bonchev–Trinajstić information content (AvgIpc) is 2.77. The Kier molecular flexibility index (Phi) is 6.74. The number of hydrogen-bond donors (Lipinski definition) is 2. The molecule has 3 aromatic carbocycles. The third-order valence-corrected chi connectivity index (χ3v) is 8.10. The van der Waals surface area contributed by atoms with Crippen molar-refractivity contribution in [3.05, 3.63) is 75.8 Å². The second-order valence-corrected chi connectivity index (χ2v) is 10.3. The monoisotopic (exact) mass is 511 g/mol. The Morgan fingerprint density at radius 2 is 1.84 bits per heavy atom. The first-order valence-electron chi connectivity index (χ1n) is 9.82. The van der Waals surface area contributed by atoms with Gasteiger partial charge in [0.2, 0.25) is 5.91 Å². The predicted octanol–water partition coefficient (Wildman–Crippen LogP) is 6.91. The van der Waals surface area contributed by atoms with Crippen LogP contribution < -0.4 is 10.7 Å². The molecule has 1 heterocycles. The van der Waals surface area contributed by atoms with E-state index in [9.17, 15) is 4.79 Å². The Morgan fingerprint density at radius 1 is 1.06 bits per heavy atom. The summed E-state index contributed by atoms with van der Waals surface area (Å²) in [6.07, 6.45) is 0. The first-order valence-corrected chi connectivity index (χ1v) is 12.4. The Labute approximate surface area is 199 Å². The zero-order valence-corrected chi connectivity index (χ0v) is 20.7. The summed E-state index contributed by atoms with van der Waals surface area (Å²) in [5.74, 6) is 0.197. The number of benzene rings is 3. The van der Waals surface area contributed by atoms with Crippen molar-refractivity contribution in [3.8, 4) is 0 Å². The van der Waals surface area contributed by atoms with Crippen LogP contribution in [0.5, 0.6) is 0 Å². The number of nitrogens with one attached hydrogen (secondary N) is 2. The maximum absolute atomic E-state index is 12.3. The molecule has 0 bridgehead atoms. The van der Waals surface area contributed by atoms with Gasteiger partial charge in [-0.25, -0.2) is 5.43 Å². The number of halogens is 1. The van der Waals surface area contributed by atoms with Gasteiger partial charge >= 0.3 is 0 Å². The summed E-state index contributed by atoms with van der Waals surface area (Å²) in [5.41, 5.74) is 8.89. The molecule has 0 radical (unpaired) electrons. The number of amides is 1. The summed E-state index contributed by atoms with van der Waals surface area (Å²) >= 11 is 6.82. The van der Waals surface area contributed by atoms with Crippen molar-refractivity contribution in [2.45, 2.75) is 35.5 Å². The maximum atomic E-state index is 12.3. The molecule has 0 aromatic heterocycles. The van der Waals surface area contributed by atoms with Gasteiger partial charge in [0.25, 0.3) is 0 Å². The normalized spacial score (nSPS) is 12.6. The summed E-state index contributed by atoms with van der Waals surface area (Å²) in [6.45, 7) is 6.00. The van der Waals surface area contributed by atoms with Crippen molar-refractivity contribution >= 4 is 62.4 Å². The highest BCUT2D eigenvalue weighted by Gasteiger charge is 2.16. The SMILES string of the molecule is CC(=NNC(=O)CSc1cc(C)c(Br)cc1C)c1ccc2c(c1)Nc1ccccc1S2. The van der Waals surface area contributed by atoms with Crippen LogP contribution in [0.4, 0.5) is 11.4 Å². The number of anilines is 2. The van der Waals surface area contributed by atoms with Crippen molar-refractivity contribution < 1.29 is 4.79 Å². The smallest absolute Gasteiger partial charge is 0.250 e. The summed E-state index contributed by atoms with van der Waals surface area (Å²) in [5, 5.41) is 7.80. The number of para-hydroxylation sites is 1. The van der Waals surface area contributed by atoms with Crippen LogP contribution in [-0.4, -0.2) is 17.4 Å². The van der Waals surface area contributed by atoms with E-state index in [-0.39, 0.29) is 5.91 Å². The minimum absolute atomic E-state index is 0.120. The van der Waals surface area contributed by atoms with E-state index in [1.54, 1.807) is 11.8 Å². The first-order chi connectivity index (χ1) is 14.9. The zero-order chi connectivity index (χ0) is 22.0. The molecule has 3 aromatic rings. The molecule has 1 aliphatic heterocycles. The van der Waals surface area contributed by atoms with Gasteiger partial charge in [-0.05, 0) is 73.9 Å². The van der Waals surface area contributed by atoms with Gasteiger partial charge in [-0.15, -0.1) is 11.8 Å². The number of rotatable bonds is 5. The van der Waals surface area contributed by atoms with Crippen LogP contribution in [0, 0.1) is 13.8 Å². The minimum atomic E-state index is -0.120. The van der Waals surface area contributed by atoms with Crippen LogP contribution in [0.25, 0.3) is 0 Å². The van der Waals surface area contributed by atoms with Crippen molar-refractivity contribution in [1.82, 2.24) is 5.43 Å². The van der Waals surface area contributed by atoms with Gasteiger partial charge < -0.3 is 5.32 Å². The van der Waals surface area contributed by atoms with E-state index in [0.717, 1.165) is 43.1 Å². The third kappa shape index (κ3) is 5.17. The number of nitrogens with zero attached hydrogens (tertiary/aromatic N) is 1. The van der Waals surface area contributed by atoms with E-state index >= 15 is 0 Å². The standard InChI is InChI=1S/C24H22BrN3OS2/c1-14-11-23(15(2)10-18(14)25)30-13-24(29)28-27-16(3)17-8-9-22-20(12-17)26-19-6-4-5-7-21(19)31-22/h4-12,26H,13H2,1-3H3,(H,28,29). The lowest BCUT2D eigenvalue weighted by molar-refractivity contribution is -0.118. The number of carbonyl (C=O) groups is 1. The highest BCUT2D eigenvalue weighted by atomic mass is 79.9. The van der Waals surface area contributed by atoms with Crippen LogP contribution in [-0.2, 0) is 4.79 Å². The average molecular weight is 512 g/mol. The Morgan fingerprint density at radius 3 is 2.68 bits per heavy atom. The predicted molar refractivity (Wildman–Crippen MR) is 135 cm³/mol. The molecule has 1 aliphatic rings. The van der Waals surface area contributed by atoms with E-state index in [2.05, 4.69) is 68.2 Å². The van der Waals surface area contributed by atoms with Gasteiger partial charge in [0.15, 0.2) is 0 Å². The van der Waals surface area contributed by atoms with E-state index in [1.807, 2.05) is 39.0 Å². The van der Waals surface area contributed by atoms with Crippen LogP contribution in [0.1, 0.15) is 23.6 Å². The molecule has 1 amide bonds. The van der Waals surface area contributed by atoms with E-state index in [4.69, 9.17) is 0 Å². The molecule has 7 heteroatoms. The second kappa shape index (κ2) is 9.51. The number of hydrazone groups is 1. The van der Waals surface area contributed by atoms with Crippen LogP contribution in [0.15, 0.2) is 78.9 Å². The molecule has 4 rings (SSSR count). The largest absolute Gasteiger partial charge is 0.354 e. The summed E-state index contributed by atoms with van der Waals surface area (Å²) in [4.78, 5) is 15.8. The molecule has 2 N–H and O–H groups in total. The number of thioether (sulfide) groups is 1. The summed E-state index contributed by atoms with van der Waals surface area (Å²) in [6, 6.07) is 18.6. The maximum Gasteiger partial charge on any atom is 0.250 e. The molecule has 0 saturated heterocycles. The Hall–Kier alpha value is -2.22. The van der Waals surface area contributed by atoms with Gasteiger partial charge in [-0.1, -0.05) is 45.9 Å². The molecule has 0 aliphatic carbocycles. The van der Waals surface area contributed by atoms with E-state index in [0.29, 0.717) is 5.75 Å². The van der Waals surface area contributed by atoms with Crippen molar-refractivity contribution in [2.24, 2.45) is 5.10 Å². The molecule has 0 saturated carbocycles. The number of fused-ring (bicyclic) bond motifs is 2. The molecular weight excluding hydrogens is 490 g/mol. The van der Waals surface area contributed by atoms with E-state index in [1.165, 1.54) is 21.6 Å². The molecule has 0 spiro atoms. The van der Waals surface area contributed by atoms with Crippen molar-refractivity contribution in [2.75, 3.05) is 11.1 Å². The second-order valence-electron chi connectivity index (χ2n) is 7.32. The molecule has 31 heavy (non-hydrogen) atoms. The van der Waals surface area contributed by atoms with Crippen LogP contribution >= 0.6 is 39.5 Å².